The van der Waals surface area contributed by atoms with Crippen LogP contribution >= 0.6 is 0 Å². The maximum absolute atomic E-state index is 2.51. The lowest BCUT2D eigenvalue weighted by atomic mass is 9.69. The van der Waals surface area contributed by atoms with Crippen molar-refractivity contribution < 1.29 is 0 Å². The summed E-state index contributed by atoms with van der Waals surface area (Å²) < 4.78 is 0. The predicted octanol–water partition coefficient (Wildman–Crippen LogP) is 8.25. The van der Waals surface area contributed by atoms with E-state index in [1.807, 2.05) is 0 Å². The van der Waals surface area contributed by atoms with E-state index in [2.05, 4.69) is 114 Å². The summed E-state index contributed by atoms with van der Waals surface area (Å²) in [5.74, 6) is 0. The van der Waals surface area contributed by atoms with Gasteiger partial charge in [0.1, 0.15) is 0 Å². The summed E-state index contributed by atoms with van der Waals surface area (Å²) in [5.41, 5.74) is 16.5. The fourth-order valence-electron chi connectivity index (χ4n) is 6.04. The van der Waals surface area contributed by atoms with Crippen LogP contribution in [0.4, 0.5) is 0 Å². The molecular formula is C32H30. The molecule has 158 valence electrons. The number of fused-ring (bicyclic) bond motifs is 10. The second kappa shape index (κ2) is 6.23. The summed E-state index contributed by atoms with van der Waals surface area (Å²) in [4.78, 5) is 0. The standard InChI is InChI=1S/C32H30/c1-19-7-11-23-24-12-8-20(2)16-28(24)32(27(23)15-19)29-17-21(3)9-13-25(29)26-14-10-22(18-30(26)32)31(4,5)6/h7-18H,1-6H3. The molecule has 0 saturated heterocycles. The topological polar surface area (TPSA) is 0 Å². The zero-order chi connectivity index (χ0) is 22.4. The Hall–Kier alpha value is -3.12. The average molecular weight is 415 g/mol. The van der Waals surface area contributed by atoms with Crippen LogP contribution in [0.25, 0.3) is 22.3 Å². The highest BCUT2D eigenvalue weighted by Crippen LogP contribution is 2.63. The zero-order valence-corrected chi connectivity index (χ0v) is 19.9. The molecule has 0 aliphatic heterocycles. The van der Waals surface area contributed by atoms with Crippen LogP contribution in [0, 0.1) is 20.8 Å². The second-order valence-electron chi connectivity index (χ2n) is 10.9. The third kappa shape index (κ3) is 2.39. The minimum absolute atomic E-state index is 0.102. The van der Waals surface area contributed by atoms with Crippen molar-refractivity contribution in [1.82, 2.24) is 0 Å². The van der Waals surface area contributed by atoms with Gasteiger partial charge in [-0.2, -0.15) is 0 Å². The highest BCUT2D eigenvalue weighted by atomic mass is 14.5. The van der Waals surface area contributed by atoms with Crippen molar-refractivity contribution in [3.8, 4) is 22.3 Å². The van der Waals surface area contributed by atoms with E-state index < -0.39 is 0 Å². The van der Waals surface area contributed by atoms with Gasteiger partial charge in [0.15, 0.2) is 0 Å². The van der Waals surface area contributed by atoms with Crippen molar-refractivity contribution in [2.45, 2.75) is 52.4 Å². The number of aryl methyl sites for hydroxylation is 3. The van der Waals surface area contributed by atoms with E-state index in [9.17, 15) is 0 Å². The van der Waals surface area contributed by atoms with Crippen LogP contribution in [-0.4, -0.2) is 0 Å². The zero-order valence-electron chi connectivity index (χ0n) is 19.9. The first-order valence-corrected chi connectivity index (χ1v) is 11.7. The molecule has 0 heteroatoms. The van der Waals surface area contributed by atoms with Gasteiger partial charge in [-0.25, -0.2) is 0 Å². The molecule has 4 aromatic rings. The smallest absolute Gasteiger partial charge is 0.0587 e. The van der Waals surface area contributed by atoms with Gasteiger partial charge >= 0.3 is 0 Å². The van der Waals surface area contributed by atoms with E-state index in [1.165, 1.54) is 66.8 Å². The Kier molecular flexibility index (Phi) is 3.81. The van der Waals surface area contributed by atoms with Gasteiger partial charge in [-0.1, -0.05) is 110 Å². The third-order valence-electron chi connectivity index (χ3n) is 7.61. The van der Waals surface area contributed by atoms with Crippen molar-refractivity contribution in [2.75, 3.05) is 0 Å². The van der Waals surface area contributed by atoms with E-state index in [4.69, 9.17) is 0 Å². The van der Waals surface area contributed by atoms with E-state index in [-0.39, 0.29) is 10.8 Å². The van der Waals surface area contributed by atoms with E-state index in [0.717, 1.165) is 0 Å². The van der Waals surface area contributed by atoms with Crippen LogP contribution in [0.3, 0.4) is 0 Å². The van der Waals surface area contributed by atoms with E-state index in [1.54, 1.807) is 0 Å². The van der Waals surface area contributed by atoms with Gasteiger partial charge in [0.05, 0.1) is 5.41 Å². The first kappa shape index (κ1) is 19.6. The quantitative estimate of drug-likeness (QED) is 0.235. The van der Waals surface area contributed by atoms with Gasteiger partial charge in [-0.3, -0.25) is 0 Å². The lowest BCUT2D eigenvalue weighted by Crippen LogP contribution is -2.27. The third-order valence-corrected chi connectivity index (χ3v) is 7.61. The van der Waals surface area contributed by atoms with Crippen LogP contribution in [0.5, 0.6) is 0 Å². The predicted molar refractivity (Wildman–Crippen MR) is 136 cm³/mol. The Balaban J connectivity index is 1.84. The maximum Gasteiger partial charge on any atom is 0.0725 e. The SMILES string of the molecule is Cc1ccc2c(c1)C1(c3cc(C)ccc3-2)c2cc(C)ccc2-c2ccc(C(C)(C)C)cc21. The van der Waals surface area contributed by atoms with Gasteiger partial charge in [-0.15, -0.1) is 0 Å². The molecule has 2 aliphatic rings. The van der Waals surface area contributed by atoms with Crippen LogP contribution in [0.15, 0.2) is 72.8 Å². The molecule has 0 fully saturated rings. The van der Waals surface area contributed by atoms with Crippen LogP contribution in [0.1, 0.15) is 65.3 Å². The lowest BCUT2D eigenvalue weighted by molar-refractivity contribution is 0.588. The average Bonchev–Trinajstić information content (AvgIpc) is 3.18. The normalized spacial score (nSPS) is 14.8. The summed E-state index contributed by atoms with van der Waals surface area (Å²) in [6.45, 7) is 13.6. The molecular weight excluding hydrogens is 384 g/mol. The van der Waals surface area contributed by atoms with Gasteiger partial charge in [0, 0.05) is 0 Å². The largest absolute Gasteiger partial charge is 0.0725 e. The molecule has 0 saturated carbocycles. The second-order valence-corrected chi connectivity index (χ2v) is 10.9. The molecule has 0 unspecified atom stereocenters. The van der Waals surface area contributed by atoms with Gasteiger partial charge in [0.25, 0.3) is 0 Å². The minimum Gasteiger partial charge on any atom is -0.0587 e. The highest BCUT2D eigenvalue weighted by molar-refractivity contribution is 5.95. The first-order chi connectivity index (χ1) is 15.2. The summed E-state index contributed by atoms with van der Waals surface area (Å²) >= 11 is 0. The van der Waals surface area contributed by atoms with Crippen molar-refractivity contribution in [2.24, 2.45) is 0 Å². The molecule has 0 nitrogen and oxygen atoms in total. The molecule has 32 heavy (non-hydrogen) atoms. The molecule has 0 radical (unpaired) electrons. The summed E-state index contributed by atoms with van der Waals surface area (Å²) in [7, 11) is 0. The number of hydrogen-bond acceptors (Lipinski definition) is 0. The van der Waals surface area contributed by atoms with Crippen LogP contribution < -0.4 is 0 Å². The van der Waals surface area contributed by atoms with Crippen molar-refractivity contribution in [1.29, 1.82) is 0 Å². The van der Waals surface area contributed by atoms with Gasteiger partial charge < -0.3 is 0 Å². The van der Waals surface area contributed by atoms with Gasteiger partial charge in [-0.05, 0) is 76.3 Å². The summed E-state index contributed by atoms with van der Waals surface area (Å²) in [6.07, 6.45) is 0. The Morgan fingerprint density at radius 2 is 0.812 bits per heavy atom. The summed E-state index contributed by atoms with van der Waals surface area (Å²) in [5, 5.41) is 0. The first-order valence-electron chi connectivity index (χ1n) is 11.7. The fourth-order valence-corrected chi connectivity index (χ4v) is 6.04. The lowest BCUT2D eigenvalue weighted by Gasteiger charge is -2.32. The molecule has 0 bridgehead atoms. The van der Waals surface area contributed by atoms with Crippen molar-refractivity contribution in [3.63, 3.8) is 0 Å². The highest BCUT2D eigenvalue weighted by Gasteiger charge is 2.52. The van der Waals surface area contributed by atoms with Crippen molar-refractivity contribution in [3.05, 3.63) is 117 Å². The molecule has 0 N–H and O–H groups in total. The molecule has 4 aromatic carbocycles. The Morgan fingerprint density at radius 3 is 1.19 bits per heavy atom. The molecule has 1 spiro atoms. The van der Waals surface area contributed by atoms with E-state index in [0.29, 0.717) is 0 Å². The molecule has 0 atom stereocenters. The molecule has 0 aromatic heterocycles. The molecule has 6 rings (SSSR count). The number of rotatable bonds is 0. The Labute approximate surface area is 192 Å². The Morgan fingerprint density at radius 1 is 0.469 bits per heavy atom. The minimum atomic E-state index is -0.249. The molecule has 0 amide bonds. The van der Waals surface area contributed by atoms with E-state index >= 15 is 0 Å². The number of hydrogen-bond donors (Lipinski definition) is 0. The molecule has 0 heterocycles. The van der Waals surface area contributed by atoms with Crippen LogP contribution in [0.2, 0.25) is 0 Å². The maximum atomic E-state index is 2.51. The fraction of sp³-hybridized carbons (Fsp3) is 0.250. The molecule has 2 aliphatic carbocycles. The van der Waals surface area contributed by atoms with Crippen LogP contribution in [-0.2, 0) is 10.8 Å². The Bertz CT molecular complexity index is 1350. The number of benzene rings is 4. The summed E-state index contributed by atoms with van der Waals surface area (Å²) in [6, 6.07) is 28.4. The monoisotopic (exact) mass is 414 g/mol. The van der Waals surface area contributed by atoms with Gasteiger partial charge in [0.2, 0.25) is 0 Å². The van der Waals surface area contributed by atoms with Crippen molar-refractivity contribution >= 4 is 0 Å².